The Kier molecular flexibility index (Phi) is 8.83. The molecule has 0 N–H and O–H groups in total. The molecule has 1 atom stereocenters. The van der Waals surface area contributed by atoms with Crippen molar-refractivity contribution in [1.82, 2.24) is 4.90 Å². The van der Waals surface area contributed by atoms with Gasteiger partial charge in [0.1, 0.15) is 0 Å². The molecule has 28 heavy (non-hydrogen) atoms. The predicted octanol–water partition coefficient (Wildman–Crippen LogP) is 7.10. The monoisotopic (exact) mass is 416 g/mol. The Balaban J connectivity index is 2.16. The predicted molar refractivity (Wildman–Crippen MR) is 120 cm³/mol. The zero-order valence-corrected chi connectivity index (χ0v) is 18.6. The Morgan fingerprint density at radius 1 is 1.00 bits per heavy atom. The Hall–Kier alpha value is -1.53. The van der Waals surface area contributed by atoms with E-state index in [4.69, 9.17) is 23.2 Å². The van der Waals surface area contributed by atoms with E-state index in [1.54, 1.807) is 0 Å². The second-order valence-electron chi connectivity index (χ2n) is 7.70. The third-order valence-corrected chi connectivity index (χ3v) is 6.06. The maximum atomic E-state index is 10.2. The highest BCUT2D eigenvalue weighted by molar-refractivity contribution is 6.36. The summed E-state index contributed by atoms with van der Waals surface area (Å²) in [4.78, 5) is 2.46. The van der Waals surface area contributed by atoms with Crippen molar-refractivity contribution in [2.75, 3.05) is 13.1 Å². The first-order chi connectivity index (χ1) is 13.4. The van der Waals surface area contributed by atoms with E-state index in [-0.39, 0.29) is 5.92 Å². The number of halogens is 2. The first-order valence-electron chi connectivity index (χ1n) is 10.1. The second-order valence-corrected chi connectivity index (χ2v) is 8.51. The van der Waals surface area contributed by atoms with Gasteiger partial charge in [-0.1, -0.05) is 80.4 Å². The molecule has 4 heteroatoms. The third-order valence-electron chi connectivity index (χ3n) is 5.43. The van der Waals surface area contributed by atoms with Crippen molar-refractivity contribution in [2.24, 2.45) is 5.92 Å². The molecule has 0 spiro atoms. The van der Waals surface area contributed by atoms with Crippen molar-refractivity contribution in [3.05, 3.63) is 69.7 Å². The van der Waals surface area contributed by atoms with Gasteiger partial charge in [-0.2, -0.15) is 5.26 Å². The Morgan fingerprint density at radius 2 is 1.64 bits per heavy atom. The molecule has 0 amide bonds. The van der Waals surface area contributed by atoms with Crippen LogP contribution in [0.1, 0.15) is 51.2 Å². The summed E-state index contributed by atoms with van der Waals surface area (Å²) in [7, 11) is 0. The normalized spacial score (nSPS) is 13.5. The number of benzene rings is 2. The summed E-state index contributed by atoms with van der Waals surface area (Å²) in [6, 6.07) is 18.6. The average Bonchev–Trinajstić information content (AvgIpc) is 2.67. The van der Waals surface area contributed by atoms with Gasteiger partial charge in [-0.3, -0.25) is 4.90 Å². The molecule has 0 radical (unpaired) electrons. The standard InChI is InChI=1S/C24H30Cl2N2/c1-4-15-28(17-20-10-6-5-7-11-20)16-9-14-24(18-27,19(2)3)23-21(25)12-8-13-22(23)26/h5-8,10-13,19H,4,9,14-17H2,1-3H3. The van der Waals surface area contributed by atoms with Gasteiger partial charge < -0.3 is 0 Å². The van der Waals surface area contributed by atoms with Gasteiger partial charge in [0.2, 0.25) is 0 Å². The van der Waals surface area contributed by atoms with Crippen LogP contribution >= 0.6 is 23.2 Å². The van der Waals surface area contributed by atoms with Gasteiger partial charge in [-0.15, -0.1) is 0 Å². The first-order valence-corrected chi connectivity index (χ1v) is 10.8. The summed E-state index contributed by atoms with van der Waals surface area (Å²) in [5, 5.41) is 11.3. The van der Waals surface area contributed by atoms with Gasteiger partial charge in [0.25, 0.3) is 0 Å². The van der Waals surface area contributed by atoms with Crippen LogP contribution in [0.15, 0.2) is 48.5 Å². The summed E-state index contributed by atoms with van der Waals surface area (Å²) < 4.78 is 0. The Morgan fingerprint density at radius 3 is 2.18 bits per heavy atom. The van der Waals surface area contributed by atoms with E-state index in [0.717, 1.165) is 44.5 Å². The summed E-state index contributed by atoms with van der Waals surface area (Å²) >= 11 is 13.0. The van der Waals surface area contributed by atoms with Crippen molar-refractivity contribution in [1.29, 1.82) is 5.26 Å². The largest absolute Gasteiger partial charge is 0.299 e. The van der Waals surface area contributed by atoms with Crippen LogP contribution in [0.25, 0.3) is 0 Å². The van der Waals surface area contributed by atoms with Crippen LogP contribution in [0.3, 0.4) is 0 Å². The molecule has 0 saturated heterocycles. The number of rotatable bonds is 10. The molecule has 0 saturated carbocycles. The maximum Gasteiger partial charge on any atom is 0.0874 e. The fraction of sp³-hybridized carbons (Fsp3) is 0.458. The molecule has 0 fully saturated rings. The van der Waals surface area contributed by atoms with Crippen LogP contribution in [0.5, 0.6) is 0 Å². The zero-order valence-electron chi connectivity index (χ0n) is 17.1. The highest BCUT2D eigenvalue weighted by Crippen LogP contribution is 2.43. The van der Waals surface area contributed by atoms with E-state index in [9.17, 15) is 5.26 Å². The minimum atomic E-state index is -0.680. The summed E-state index contributed by atoms with van der Waals surface area (Å²) in [5.41, 5.74) is 1.42. The molecule has 0 bridgehead atoms. The molecular weight excluding hydrogens is 387 g/mol. The van der Waals surface area contributed by atoms with Gasteiger partial charge in [0, 0.05) is 22.2 Å². The fourth-order valence-electron chi connectivity index (χ4n) is 3.88. The zero-order chi connectivity index (χ0) is 20.6. The molecule has 0 aliphatic heterocycles. The molecule has 0 aliphatic carbocycles. The summed E-state index contributed by atoms with van der Waals surface area (Å²) in [5.74, 6) is 0.114. The van der Waals surface area contributed by atoms with E-state index in [1.165, 1.54) is 5.56 Å². The van der Waals surface area contributed by atoms with Crippen LogP contribution in [-0.4, -0.2) is 18.0 Å². The van der Waals surface area contributed by atoms with Crippen molar-refractivity contribution >= 4 is 23.2 Å². The summed E-state index contributed by atoms with van der Waals surface area (Å²) in [6.07, 6.45) is 2.76. The smallest absolute Gasteiger partial charge is 0.0874 e. The van der Waals surface area contributed by atoms with Crippen LogP contribution in [-0.2, 0) is 12.0 Å². The number of hydrogen-bond donors (Lipinski definition) is 0. The van der Waals surface area contributed by atoms with E-state index >= 15 is 0 Å². The first kappa shape index (κ1) is 22.8. The molecular formula is C24H30Cl2N2. The molecule has 2 nitrogen and oxygen atoms in total. The molecule has 2 aromatic carbocycles. The average molecular weight is 417 g/mol. The van der Waals surface area contributed by atoms with Crippen molar-refractivity contribution in [2.45, 2.75) is 52.0 Å². The molecule has 2 rings (SSSR count). The van der Waals surface area contributed by atoms with E-state index in [2.05, 4.69) is 56.0 Å². The Labute approximate surface area is 180 Å². The van der Waals surface area contributed by atoms with Crippen LogP contribution in [0, 0.1) is 17.2 Å². The number of nitrogens with zero attached hydrogens (tertiary/aromatic N) is 2. The third kappa shape index (κ3) is 5.51. The fourth-order valence-corrected chi connectivity index (χ4v) is 4.61. The van der Waals surface area contributed by atoms with Crippen molar-refractivity contribution < 1.29 is 0 Å². The van der Waals surface area contributed by atoms with Crippen molar-refractivity contribution in [3.63, 3.8) is 0 Å². The lowest BCUT2D eigenvalue weighted by molar-refractivity contribution is 0.244. The topological polar surface area (TPSA) is 27.0 Å². The van der Waals surface area contributed by atoms with Gasteiger partial charge in [0.05, 0.1) is 11.5 Å². The lowest BCUT2D eigenvalue weighted by Gasteiger charge is -2.34. The molecule has 0 aromatic heterocycles. The minimum absolute atomic E-state index is 0.114. The van der Waals surface area contributed by atoms with Crippen LogP contribution in [0.2, 0.25) is 10.0 Å². The molecule has 0 heterocycles. The number of hydrogen-bond acceptors (Lipinski definition) is 2. The summed E-state index contributed by atoms with van der Waals surface area (Å²) in [6.45, 7) is 9.29. The van der Waals surface area contributed by atoms with Gasteiger partial charge >= 0.3 is 0 Å². The second kappa shape index (κ2) is 10.9. The lowest BCUT2D eigenvalue weighted by Crippen LogP contribution is -2.33. The van der Waals surface area contributed by atoms with E-state index < -0.39 is 5.41 Å². The van der Waals surface area contributed by atoms with Gasteiger partial charge in [0.15, 0.2) is 0 Å². The minimum Gasteiger partial charge on any atom is -0.299 e. The van der Waals surface area contributed by atoms with Crippen molar-refractivity contribution in [3.8, 4) is 6.07 Å². The van der Waals surface area contributed by atoms with E-state index in [0.29, 0.717) is 10.0 Å². The number of nitriles is 1. The van der Waals surface area contributed by atoms with E-state index in [1.807, 2.05) is 24.3 Å². The molecule has 2 aromatic rings. The highest BCUT2D eigenvalue weighted by Gasteiger charge is 2.39. The quantitative estimate of drug-likeness (QED) is 0.412. The molecule has 0 aliphatic rings. The SMILES string of the molecule is CCCN(CCCC(C#N)(c1c(Cl)cccc1Cl)C(C)C)Cc1ccccc1. The van der Waals surface area contributed by atoms with Crippen LogP contribution < -0.4 is 0 Å². The maximum absolute atomic E-state index is 10.2. The van der Waals surface area contributed by atoms with Crippen LogP contribution in [0.4, 0.5) is 0 Å². The molecule has 1 unspecified atom stereocenters. The van der Waals surface area contributed by atoms with Gasteiger partial charge in [-0.05, 0) is 56.0 Å². The Bertz CT molecular complexity index is 763. The van der Waals surface area contributed by atoms with Gasteiger partial charge in [-0.25, -0.2) is 0 Å². The molecule has 150 valence electrons. The highest BCUT2D eigenvalue weighted by atomic mass is 35.5. The lowest BCUT2D eigenvalue weighted by atomic mass is 9.69.